The van der Waals surface area contributed by atoms with Gasteiger partial charge in [-0.1, -0.05) is 30.7 Å². The van der Waals surface area contributed by atoms with Crippen LogP contribution < -0.4 is 0 Å². The van der Waals surface area contributed by atoms with Gasteiger partial charge in [0.2, 0.25) is 0 Å². The minimum atomic E-state index is 0.0627. The fraction of sp³-hybridized carbons (Fsp3) is 0.500. The van der Waals surface area contributed by atoms with Gasteiger partial charge in [-0.15, -0.1) is 0 Å². The quantitative estimate of drug-likeness (QED) is 0.864. The number of amides is 1. The van der Waals surface area contributed by atoms with Crippen molar-refractivity contribution in [2.75, 3.05) is 20.2 Å². The highest BCUT2D eigenvalue weighted by Gasteiger charge is 2.20. The molecule has 0 unspecified atom stereocenters. The molecule has 1 saturated carbocycles. The van der Waals surface area contributed by atoms with Gasteiger partial charge in [-0.05, 0) is 37.0 Å². The molecule has 3 heteroatoms. The Morgan fingerprint density at radius 3 is 2.86 bits per heavy atom. The summed E-state index contributed by atoms with van der Waals surface area (Å²) in [5.41, 5.74) is 1.51. The first-order chi connectivity index (χ1) is 10.2. The smallest absolute Gasteiger partial charge is 0.253 e. The molecule has 2 rings (SSSR count). The van der Waals surface area contributed by atoms with E-state index in [1.807, 2.05) is 36.2 Å². The topological polar surface area (TPSA) is 40.5 Å². The predicted octanol–water partition coefficient (Wildman–Crippen LogP) is 2.68. The normalized spacial score (nSPS) is 14.6. The lowest BCUT2D eigenvalue weighted by molar-refractivity contribution is 0.0773. The van der Waals surface area contributed by atoms with Crippen LogP contribution in [0, 0.1) is 17.8 Å². The van der Waals surface area contributed by atoms with E-state index in [0.29, 0.717) is 17.9 Å². The summed E-state index contributed by atoms with van der Waals surface area (Å²) in [6.07, 6.45) is 5.53. The zero-order valence-electron chi connectivity index (χ0n) is 12.6. The first kappa shape index (κ1) is 15.6. The fourth-order valence-electron chi connectivity index (χ4n) is 2.83. The molecule has 1 fully saturated rings. The van der Waals surface area contributed by atoms with Crippen molar-refractivity contribution in [3.05, 3.63) is 35.4 Å². The van der Waals surface area contributed by atoms with E-state index in [0.717, 1.165) is 12.1 Å². The molecule has 1 aliphatic rings. The molecule has 0 atom stereocenters. The molecule has 112 valence electrons. The molecule has 1 amide bonds. The predicted molar refractivity (Wildman–Crippen MR) is 83.9 cm³/mol. The maximum atomic E-state index is 12.5. The van der Waals surface area contributed by atoms with E-state index >= 15 is 0 Å². The molecule has 1 aromatic carbocycles. The SMILES string of the molecule is CN(CC1CCCC1)C(=O)c1cccc(C#CCCO)c1. The average Bonchev–Trinajstić information content (AvgIpc) is 3.00. The van der Waals surface area contributed by atoms with Crippen LogP contribution >= 0.6 is 0 Å². The zero-order valence-corrected chi connectivity index (χ0v) is 12.6. The van der Waals surface area contributed by atoms with Crippen LogP contribution in [-0.2, 0) is 0 Å². The standard InChI is InChI=1S/C18H23NO2/c1-19(14-16-8-2-3-9-16)18(21)17-11-6-10-15(13-17)7-4-5-12-20/h6,10-11,13,16,20H,2-3,5,8-9,12,14H2,1H3. The molecule has 0 saturated heterocycles. The van der Waals surface area contributed by atoms with Crippen molar-refractivity contribution >= 4 is 5.91 Å². The first-order valence-electron chi connectivity index (χ1n) is 7.66. The molecule has 3 nitrogen and oxygen atoms in total. The van der Waals surface area contributed by atoms with Crippen molar-refractivity contribution < 1.29 is 9.90 Å². The molecule has 0 spiro atoms. The summed E-state index contributed by atoms with van der Waals surface area (Å²) < 4.78 is 0. The highest BCUT2D eigenvalue weighted by atomic mass is 16.2. The van der Waals surface area contributed by atoms with Crippen molar-refractivity contribution in [3.63, 3.8) is 0 Å². The van der Waals surface area contributed by atoms with E-state index in [1.165, 1.54) is 25.7 Å². The summed E-state index contributed by atoms with van der Waals surface area (Å²) in [4.78, 5) is 14.3. The number of aliphatic hydroxyl groups is 1. The van der Waals surface area contributed by atoms with E-state index in [1.54, 1.807) is 0 Å². The Morgan fingerprint density at radius 1 is 1.38 bits per heavy atom. The van der Waals surface area contributed by atoms with Gasteiger partial charge in [0, 0.05) is 31.1 Å². The third-order valence-electron chi connectivity index (χ3n) is 3.93. The van der Waals surface area contributed by atoms with Gasteiger partial charge in [0.15, 0.2) is 0 Å². The van der Waals surface area contributed by atoms with Gasteiger partial charge in [0.25, 0.3) is 5.91 Å². The van der Waals surface area contributed by atoms with Crippen molar-refractivity contribution in [2.24, 2.45) is 5.92 Å². The van der Waals surface area contributed by atoms with Crippen LogP contribution in [-0.4, -0.2) is 36.1 Å². The van der Waals surface area contributed by atoms with Crippen LogP contribution in [0.15, 0.2) is 24.3 Å². The molecule has 1 aromatic rings. The summed E-state index contributed by atoms with van der Waals surface area (Å²) >= 11 is 0. The largest absolute Gasteiger partial charge is 0.395 e. The molecule has 1 N–H and O–H groups in total. The van der Waals surface area contributed by atoms with E-state index < -0.39 is 0 Å². The first-order valence-corrected chi connectivity index (χ1v) is 7.66. The Hall–Kier alpha value is -1.79. The molecule has 0 bridgehead atoms. The highest BCUT2D eigenvalue weighted by molar-refractivity contribution is 5.94. The second-order valence-electron chi connectivity index (χ2n) is 5.69. The minimum absolute atomic E-state index is 0.0627. The molecule has 0 heterocycles. The van der Waals surface area contributed by atoms with E-state index in [2.05, 4.69) is 11.8 Å². The van der Waals surface area contributed by atoms with Gasteiger partial charge in [0.1, 0.15) is 0 Å². The van der Waals surface area contributed by atoms with Crippen molar-refractivity contribution in [1.29, 1.82) is 0 Å². The lowest BCUT2D eigenvalue weighted by Crippen LogP contribution is -2.31. The number of benzene rings is 1. The lowest BCUT2D eigenvalue weighted by atomic mass is 10.1. The highest BCUT2D eigenvalue weighted by Crippen LogP contribution is 2.25. The van der Waals surface area contributed by atoms with Crippen LogP contribution in [0.2, 0.25) is 0 Å². The summed E-state index contributed by atoms with van der Waals surface area (Å²) in [7, 11) is 1.88. The average molecular weight is 285 g/mol. The Kier molecular flexibility index (Phi) is 5.83. The second-order valence-corrected chi connectivity index (χ2v) is 5.69. The monoisotopic (exact) mass is 285 g/mol. The number of nitrogens with zero attached hydrogens (tertiary/aromatic N) is 1. The van der Waals surface area contributed by atoms with Crippen LogP contribution in [0.1, 0.15) is 48.0 Å². The Balaban J connectivity index is 2.01. The number of hydrogen-bond donors (Lipinski definition) is 1. The molecule has 0 radical (unpaired) electrons. The van der Waals surface area contributed by atoms with E-state index in [9.17, 15) is 4.79 Å². The number of carbonyl (C=O) groups excluding carboxylic acids is 1. The third-order valence-corrected chi connectivity index (χ3v) is 3.93. The zero-order chi connectivity index (χ0) is 15.1. The van der Waals surface area contributed by atoms with Gasteiger partial charge in [-0.2, -0.15) is 0 Å². The van der Waals surface area contributed by atoms with Crippen LogP contribution in [0.25, 0.3) is 0 Å². The Labute approximate surface area is 127 Å². The second kappa shape index (κ2) is 7.85. The summed E-state index contributed by atoms with van der Waals surface area (Å²) in [5, 5.41) is 8.73. The number of aliphatic hydroxyl groups excluding tert-OH is 1. The summed E-state index contributed by atoms with van der Waals surface area (Å²) in [5.74, 6) is 6.57. The summed E-state index contributed by atoms with van der Waals surface area (Å²) in [6.45, 7) is 0.912. The lowest BCUT2D eigenvalue weighted by Gasteiger charge is -2.21. The molecule has 0 aromatic heterocycles. The molecular formula is C18H23NO2. The van der Waals surface area contributed by atoms with E-state index in [4.69, 9.17) is 5.11 Å². The van der Waals surface area contributed by atoms with Gasteiger partial charge in [0.05, 0.1) is 6.61 Å². The minimum Gasteiger partial charge on any atom is -0.395 e. The van der Waals surface area contributed by atoms with Gasteiger partial charge >= 0.3 is 0 Å². The number of hydrogen-bond acceptors (Lipinski definition) is 2. The molecule has 21 heavy (non-hydrogen) atoms. The fourth-order valence-corrected chi connectivity index (χ4v) is 2.83. The van der Waals surface area contributed by atoms with Crippen LogP contribution in [0.3, 0.4) is 0 Å². The van der Waals surface area contributed by atoms with Crippen molar-refractivity contribution in [1.82, 2.24) is 4.90 Å². The van der Waals surface area contributed by atoms with E-state index in [-0.39, 0.29) is 12.5 Å². The number of carbonyl (C=O) groups is 1. The van der Waals surface area contributed by atoms with Gasteiger partial charge in [-0.25, -0.2) is 0 Å². The van der Waals surface area contributed by atoms with Crippen LogP contribution in [0.4, 0.5) is 0 Å². The third kappa shape index (κ3) is 4.61. The molecule has 0 aliphatic heterocycles. The van der Waals surface area contributed by atoms with Crippen molar-refractivity contribution in [2.45, 2.75) is 32.1 Å². The van der Waals surface area contributed by atoms with Crippen molar-refractivity contribution in [3.8, 4) is 11.8 Å². The molecule has 1 aliphatic carbocycles. The number of rotatable bonds is 4. The Bertz CT molecular complexity index is 536. The van der Waals surface area contributed by atoms with Gasteiger partial charge in [-0.3, -0.25) is 4.79 Å². The molecular weight excluding hydrogens is 262 g/mol. The Morgan fingerprint density at radius 2 is 2.14 bits per heavy atom. The maximum Gasteiger partial charge on any atom is 0.253 e. The summed E-state index contributed by atoms with van der Waals surface area (Å²) in [6, 6.07) is 7.42. The van der Waals surface area contributed by atoms with Gasteiger partial charge < -0.3 is 10.0 Å². The van der Waals surface area contributed by atoms with Crippen LogP contribution in [0.5, 0.6) is 0 Å². The maximum absolute atomic E-state index is 12.5.